The van der Waals surface area contributed by atoms with E-state index in [9.17, 15) is 9.59 Å². The second kappa shape index (κ2) is 5.99. The lowest BCUT2D eigenvalue weighted by atomic mass is 10.3. The van der Waals surface area contributed by atoms with Crippen LogP contribution in [0.1, 0.15) is 13.8 Å². The number of hydrogen-bond donors (Lipinski definition) is 1. The van der Waals surface area contributed by atoms with Gasteiger partial charge in [0, 0.05) is 13.1 Å². The van der Waals surface area contributed by atoms with Crippen LogP contribution in [0.3, 0.4) is 0 Å². The van der Waals surface area contributed by atoms with Crippen molar-refractivity contribution >= 4 is 17.8 Å². The van der Waals surface area contributed by atoms with E-state index in [1.807, 2.05) is 13.8 Å². The van der Waals surface area contributed by atoms with Gasteiger partial charge in [-0.05, 0) is 13.8 Å². The Hall–Kier alpha value is -2.12. The van der Waals surface area contributed by atoms with Crippen LogP contribution in [-0.2, 0) is 20.9 Å². The third-order valence-electron chi connectivity index (χ3n) is 2.37. The van der Waals surface area contributed by atoms with Gasteiger partial charge in [0.1, 0.15) is 12.9 Å². The number of nitrogen functional groups attached to an aromatic ring is 1. The number of likely N-dealkylation sites (N-methyl/N-ethyl adjacent to an activating group) is 1. The minimum atomic E-state index is -0.564. The van der Waals surface area contributed by atoms with Crippen LogP contribution in [0.25, 0.3) is 0 Å². The summed E-state index contributed by atoms with van der Waals surface area (Å²) >= 11 is 0. The van der Waals surface area contributed by atoms with Crippen molar-refractivity contribution in [1.29, 1.82) is 0 Å². The highest BCUT2D eigenvalue weighted by atomic mass is 16.5. The molecule has 18 heavy (non-hydrogen) atoms. The summed E-state index contributed by atoms with van der Waals surface area (Å²) in [6.45, 7) is 3.34. The van der Waals surface area contributed by atoms with Crippen molar-refractivity contribution in [3.8, 4) is 0 Å². The molecule has 0 radical (unpaired) electrons. The molecular formula is C10H17N5O3. The summed E-state index contributed by atoms with van der Waals surface area (Å²) in [7, 11) is 1.65. The van der Waals surface area contributed by atoms with Gasteiger partial charge in [-0.1, -0.05) is 0 Å². The second-order valence-corrected chi connectivity index (χ2v) is 4.06. The zero-order valence-electron chi connectivity index (χ0n) is 10.7. The van der Waals surface area contributed by atoms with Gasteiger partial charge in [0.05, 0.1) is 0 Å². The quantitative estimate of drug-likeness (QED) is 0.696. The molecule has 100 valence electrons. The smallest absolute Gasteiger partial charge is 0.328 e. The molecule has 1 amide bonds. The summed E-state index contributed by atoms with van der Waals surface area (Å²) in [5, 5.41) is 3.73. The number of carbonyl (C=O) groups excluding carboxylic acids is 2. The standard InChI is InChI=1S/C10H17N5O3/c1-7(2)14(3)8(16)5-18-9(17)4-15-6-12-10(11)13-15/h6-7H,4-5H2,1-3H3,(H2,11,13). The molecule has 1 rings (SSSR count). The molecule has 0 fully saturated rings. The van der Waals surface area contributed by atoms with E-state index in [0.717, 1.165) is 0 Å². The van der Waals surface area contributed by atoms with Crippen molar-refractivity contribution < 1.29 is 14.3 Å². The van der Waals surface area contributed by atoms with Crippen LogP contribution in [0.4, 0.5) is 5.95 Å². The van der Waals surface area contributed by atoms with Crippen LogP contribution in [0.5, 0.6) is 0 Å². The number of anilines is 1. The van der Waals surface area contributed by atoms with Gasteiger partial charge < -0.3 is 15.4 Å². The van der Waals surface area contributed by atoms with E-state index in [0.29, 0.717) is 0 Å². The van der Waals surface area contributed by atoms with Gasteiger partial charge >= 0.3 is 5.97 Å². The van der Waals surface area contributed by atoms with Gasteiger partial charge in [0.2, 0.25) is 5.95 Å². The Balaban J connectivity index is 2.35. The predicted molar refractivity (Wildman–Crippen MR) is 63.3 cm³/mol. The molecule has 0 saturated carbocycles. The molecule has 0 aliphatic heterocycles. The Morgan fingerprint density at radius 3 is 2.72 bits per heavy atom. The lowest BCUT2D eigenvalue weighted by Crippen LogP contribution is -2.36. The number of nitrogens with two attached hydrogens (primary N) is 1. The molecule has 0 bridgehead atoms. The van der Waals surface area contributed by atoms with Gasteiger partial charge in [0.15, 0.2) is 6.61 Å². The molecule has 0 atom stereocenters. The van der Waals surface area contributed by atoms with E-state index in [1.54, 1.807) is 7.05 Å². The third kappa shape index (κ3) is 4.04. The van der Waals surface area contributed by atoms with Gasteiger partial charge in [-0.3, -0.25) is 9.59 Å². The van der Waals surface area contributed by atoms with Crippen molar-refractivity contribution in [3.05, 3.63) is 6.33 Å². The molecule has 0 unspecified atom stereocenters. The number of aromatic nitrogens is 3. The molecule has 0 aliphatic rings. The van der Waals surface area contributed by atoms with E-state index in [1.165, 1.54) is 15.9 Å². The van der Waals surface area contributed by atoms with E-state index < -0.39 is 5.97 Å². The SMILES string of the molecule is CC(C)N(C)C(=O)COC(=O)Cn1cnc(N)n1. The fourth-order valence-corrected chi connectivity index (χ4v) is 1.10. The number of carbonyl (C=O) groups is 2. The van der Waals surface area contributed by atoms with Crippen LogP contribution >= 0.6 is 0 Å². The maximum Gasteiger partial charge on any atom is 0.328 e. The number of rotatable bonds is 5. The van der Waals surface area contributed by atoms with Gasteiger partial charge in [0.25, 0.3) is 5.91 Å². The van der Waals surface area contributed by atoms with Crippen LogP contribution in [0.15, 0.2) is 6.33 Å². The molecule has 8 nitrogen and oxygen atoms in total. The summed E-state index contributed by atoms with van der Waals surface area (Å²) in [5.74, 6) is -0.736. The molecule has 1 aromatic heterocycles. The zero-order chi connectivity index (χ0) is 13.7. The lowest BCUT2D eigenvalue weighted by Gasteiger charge is -2.20. The van der Waals surface area contributed by atoms with Crippen molar-refractivity contribution in [1.82, 2.24) is 19.7 Å². The number of hydrogen-bond acceptors (Lipinski definition) is 6. The second-order valence-electron chi connectivity index (χ2n) is 4.06. The van der Waals surface area contributed by atoms with Crippen molar-refractivity contribution in [2.24, 2.45) is 0 Å². The van der Waals surface area contributed by atoms with E-state index in [4.69, 9.17) is 10.5 Å². The Labute approximate surface area is 105 Å². The molecule has 8 heteroatoms. The summed E-state index contributed by atoms with van der Waals surface area (Å²) in [5.41, 5.74) is 5.29. The topological polar surface area (TPSA) is 103 Å². The monoisotopic (exact) mass is 255 g/mol. The fourth-order valence-electron chi connectivity index (χ4n) is 1.10. The first kappa shape index (κ1) is 13.9. The van der Waals surface area contributed by atoms with Gasteiger partial charge in [-0.15, -0.1) is 5.10 Å². The largest absolute Gasteiger partial charge is 0.454 e. The molecule has 0 saturated heterocycles. The van der Waals surface area contributed by atoms with E-state index in [-0.39, 0.29) is 31.0 Å². The molecule has 1 heterocycles. The third-order valence-corrected chi connectivity index (χ3v) is 2.37. The van der Waals surface area contributed by atoms with Gasteiger partial charge in [-0.2, -0.15) is 0 Å². The van der Waals surface area contributed by atoms with Crippen LogP contribution < -0.4 is 5.73 Å². The number of esters is 1. The predicted octanol–water partition coefficient (Wildman–Crippen LogP) is -0.730. The van der Waals surface area contributed by atoms with Crippen LogP contribution in [0.2, 0.25) is 0 Å². The first-order valence-electron chi connectivity index (χ1n) is 5.46. The van der Waals surface area contributed by atoms with Crippen molar-refractivity contribution in [3.63, 3.8) is 0 Å². The summed E-state index contributed by atoms with van der Waals surface area (Å²) in [6, 6.07) is 0.0614. The van der Waals surface area contributed by atoms with Crippen molar-refractivity contribution in [2.75, 3.05) is 19.4 Å². The minimum absolute atomic E-state index is 0.0614. The Morgan fingerprint density at radius 1 is 1.56 bits per heavy atom. The Morgan fingerprint density at radius 2 is 2.22 bits per heavy atom. The lowest BCUT2D eigenvalue weighted by molar-refractivity contribution is -0.152. The maximum absolute atomic E-state index is 11.5. The van der Waals surface area contributed by atoms with E-state index in [2.05, 4.69) is 10.1 Å². The average Bonchev–Trinajstić information content (AvgIpc) is 2.70. The fraction of sp³-hybridized carbons (Fsp3) is 0.600. The van der Waals surface area contributed by atoms with Crippen LogP contribution in [0, 0.1) is 0 Å². The zero-order valence-corrected chi connectivity index (χ0v) is 10.7. The van der Waals surface area contributed by atoms with Crippen LogP contribution in [-0.4, -0.2) is 51.2 Å². The highest BCUT2D eigenvalue weighted by Crippen LogP contribution is 1.96. The Bertz CT molecular complexity index is 429. The molecule has 0 aliphatic carbocycles. The number of amides is 1. The summed E-state index contributed by atoms with van der Waals surface area (Å²) in [6.07, 6.45) is 1.32. The highest BCUT2D eigenvalue weighted by Gasteiger charge is 2.14. The normalized spacial score (nSPS) is 10.4. The van der Waals surface area contributed by atoms with Gasteiger partial charge in [-0.25, -0.2) is 9.67 Å². The highest BCUT2D eigenvalue weighted by molar-refractivity contribution is 5.80. The Kier molecular flexibility index (Phi) is 4.64. The van der Waals surface area contributed by atoms with Crippen molar-refractivity contribution in [2.45, 2.75) is 26.4 Å². The van der Waals surface area contributed by atoms with E-state index >= 15 is 0 Å². The first-order chi connectivity index (χ1) is 8.40. The average molecular weight is 255 g/mol. The number of ether oxygens (including phenoxy) is 1. The first-order valence-corrected chi connectivity index (χ1v) is 5.46. The molecule has 0 aromatic carbocycles. The number of nitrogens with zero attached hydrogens (tertiary/aromatic N) is 4. The summed E-state index contributed by atoms with van der Waals surface area (Å²) < 4.78 is 6.07. The molecule has 1 aromatic rings. The maximum atomic E-state index is 11.5. The summed E-state index contributed by atoms with van der Waals surface area (Å²) in [4.78, 5) is 28.1. The molecule has 2 N–H and O–H groups in total. The molecule has 0 spiro atoms. The minimum Gasteiger partial charge on any atom is -0.454 e. The molecular weight excluding hydrogens is 238 g/mol.